The van der Waals surface area contributed by atoms with E-state index >= 15 is 0 Å². The fraction of sp³-hybridized carbons (Fsp3) is 0.714. The van der Waals surface area contributed by atoms with Gasteiger partial charge in [0.15, 0.2) is 0 Å². The zero-order chi connectivity index (χ0) is 12.5. The van der Waals surface area contributed by atoms with E-state index in [9.17, 15) is 8.39 Å². The molecule has 1 N–H and O–H groups in total. The molecule has 0 aliphatic rings. The maximum absolute atomic E-state index is 10.1. The zero-order valence-corrected chi connectivity index (χ0v) is 9.29. The molecule has 0 saturated heterocycles. The molecule has 0 radical (unpaired) electrons. The second-order valence-corrected chi connectivity index (χ2v) is 3.71. The molecule has 15 heavy (non-hydrogen) atoms. The third-order valence-corrected chi connectivity index (χ3v) is 1.18. The Balaban J connectivity index is 0. The van der Waals surface area contributed by atoms with E-state index < -0.39 is 13.9 Å². The summed E-state index contributed by atoms with van der Waals surface area (Å²) in [5.41, 5.74) is 0. The number of nitrogens with zero attached hydrogens (tertiary/aromatic N) is 3. The molecular formula is C7H12F2N3O2P. The van der Waals surface area contributed by atoms with Crippen LogP contribution in [-0.2, 0) is 4.57 Å². The van der Waals surface area contributed by atoms with Gasteiger partial charge in [0, 0.05) is 0 Å². The molecule has 0 aromatic heterocycles. The van der Waals surface area contributed by atoms with Crippen LogP contribution in [0.3, 0.4) is 0 Å². The van der Waals surface area contributed by atoms with Gasteiger partial charge in [-0.05, 0) is 27.1 Å². The summed E-state index contributed by atoms with van der Waals surface area (Å²) < 4.78 is 28.7. The van der Waals surface area contributed by atoms with E-state index in [1.165, 1.54) is 0 Å². The van der Waals surface area contributed by atoms with Crippen LogP contribution in [0.5, 0.6) is 0 Å². The summed E-state index contributed by atoms with van der Waals surface area (Å²) in [4.78, 5) is 8.70. The first-order valence-electron chi connectivity index (χ1n) is 3.86. The van der Waals surface area contributed by atoms with E-state index in [-0.39, 0.29) is 0 Å². The molecule has 8 heteroatoms. The van der Waals surface area contributed by atoms with Crippen LogP contribution in [-0.4, -0.2) is 30.4 Å². The van der Waals surface area contributed by atoms with Crippen molar-refractivity contribution in [2.75, 3.05) is 20.6 Å². The van der Waals surface area contributed by atoms with Crippen LogP contribution in [0.2, 0.25) is 0 Å². The average molecular weight is 239 g/mol. The van der Waals surface area contributed by atoms with Gasteiger partial charge in [-0.1, -0.05) is 0 Å². The molecular weight excluding hydrogens is 227 g/mol. The predicted molar refractivity (Wildman–Crippen MR) is 49.9 cm³/mol. The number of halogens is 2. The Morgan fingerprint density at radius 2 is 1.73 bits per heavy atom. The molecule has 0 heterocycles. The van der Waals surface area contributed by atoms with Gasteiger partial charge in [-0.15, -0.1) is 8.39 Å². The Hall–Kier alpha value is -1.01. The first-order chi connectivity index (χ1) is 6.70. The summed E-state index contributed by atoms with van der Waals surface area (Å²) in [5, 5.41) is 16.7. The van der Waals surface area contributed by atoms with Crippen molar-refractivity contribution >= 4 is 7.99 Å². The highest BCUT2D eigenvalue weighted by Gasteiger charge is 2.09. The van der Waals surface area contributed by atoms with Gasteiger partial charge in [0.05, 0.1) is 12.1 Å². The van der Waals surface area contributed by atoms with Crippen molar-refractivity contribution in [3.63, 3.8) is 0 Å². The lowest BCUT2D eigenvalue weighted by Crippen LogP contribution is -2.15. The van der Waals surface area contributed by atoms with Gasteiger partial charge in [-0.2, -0.15) is 10.5 Å². The van der Waals surface area contributed by atoms with Crippen LogP contribution in [0, 0.1) is 28.6 Å². The summed E-state index contributed by atoms with van der Waals surface area (Å²) >= 11 is 0. The van der Waals surface area contributed by atoms with Gasteiger partial charge < -0.3 is 4.90 Å². The smallest absolute Gasteiger partial charge is 0.309 e. The maximum Gasteiger partial charge on any atom is 0.549 e. The average Bonchev–Trinajstić information content (AvgIpc) is 2.02. The van der Waals surface area contributed by atoms with Crippen molar-refractivity contribution in [1.29, 1.82) is 10.5 Å². The first kappa shape index (κ1) is 16.4. The van der Waals surface area contributed by atoms with Gasteiger partial charge in [0.25, 0.3) is 0 Å². The van der Waals surface area contributed by atoms with Gasteiger partial charge >= 0.3 is 7.99 Å². The molecule has 0 amide bonds. The monoisotopic (exact) mass is 239 g/mol. The third-order valence-electron chi connectivity index (χ3n) is 1.18. The molecule has 0 rings (SSSR count). The quantitative estimate of drug-likeness (QED) is 0.756. The fourth-order valence-electron chi connectivity index (χ4n) is 0.545. The summed E-state index contributed by atoms with van der Waals surface area (Å²) in [6.45, 7) is 0.797. The Labute approximate surface area is 87.2 Å². The van der Waals surface area contributed by atoms with E-state index in [1.54, 1.807) is 0 Å². The first-order valence-corrected chi connectivity index (χ1v) is 5.31. The van der Waals surface area contributed by atoms with Crippen molar-refractivity contribution in [2.45, 2.75) is 6.42 Å². The summed E-state index contributed by atoms with van der Waals surface area (Å²) in [6, 6.07) is 3.84. The molecule has 0 saturated carbocycles. The number of rotatable bonds is 3. The van der Waals surface area contributed by atoms with Crippen LogP contribution < -0.4 is 0 Å². The van der Waals surface area contributed by atoms with Crippen LogP contribution in [0.25, 0.3) is 0 Å². The molecule has 0 aromatic carbocycles. The number of hydrogen-bond donors (Lipinski definition) is 1. The highest BCUT2D eigenvalue weighted by molar-refractivity contribution is 7.46. The lowest BCUT2D eigenvalue weighted by atomic mass is 10.1. The lowest BCUT2D eigenvalue weighted by Gasteiger charge is -2.07. The lowest BCUT2D eigenvalue weighted by molar-refractivity contribution is 0.376. The highest BCUT2D eigenvalue weighted by atomic mass is 31.2. The Morgan fingerprint density at radius 3 is 1.93 bits per heavy atom. The molecule has 0 fully saturated rings. The molecule has 0 spiro atoms. The van der Waals surface area contributed by atoms with E-state index in [2.05, 4.69) is 0 Å². The van der Waals surface area contributed by atoms with Gasteiger partial charge in [0.1, 0.15) is 5.92 Å². The molecule has 0 aliphatic carbocycles. The minimum Gasteiger partial charge on any atom is -0.309 e. The van der Waals surface area contributed by atoms with Gasteiger partial charge in [0.2, 0.25) is 0 Å². The zero-order valence-electron chi connectivity index (χ0n) is 8.39. The van der Waals surface area contributed by atoms with Crippen molar-refractivity contribution in [3.05, 3.63) is 0 Å². The molecule has 5 nitrogen and oxygen atoms in total. The van der Waals surface area contributed by atoms with Crippen molar-refractivity contribution in [1.82, 2.24) is 4.90 Å². The van der Waals surface area contributed by atoms with Crippen molar-refractivity contribution in [2.24, 2.45) is 5.92 Å². The van der Waals surface area contributed by atoms with E-state index in [0.29, 0.717) is 6.42 Å². The second kappa shape index (κ2) is 8.31. The normalized spacial score (nSPS) is 10.2. The third kappa shape index (κ3) is 24.6. The Bertz CT molecular complexity index is 269. The molecule has 86 valence electrons. The standard InChI is InChI=1S/C7H11N3.F2HO2P/c1-10(2)4-3-7(5-8)6-9;1-5(2,3)4/h7H,3-4H2,1-2H3;(H,3,4). The van der Waals surface area contributed by atoms with Crippen molar-refractivity contribution in [3.8, 4) is 12.1 Å². The van der Waals surface area contributed by atoms with Crippen LogP contribution in [0.4, 0.5) is 8.39 Å². The van der Waals surface area contributed by atoms with E-state index in [1.807, 2.05) is 31.1 Å². The minimum absolute atomic E-state index is 0.442. The topological polar surface area (TPSA) is 88.1 Å². The fourth-order valence-corrected chi connectivity index (χ4v) is 0.545. The van der Waals surface area contributed by atoms with Crippen molar-refractivity contribution < 1.29 is 17.9 Å². The summed E-state index contributed by atoms with van der Waals surface area (Å²) in [6.07, 6.45) is 0.639. The second-order valence-electron chi connectivity index (χ2n) is 2.84. The minimum atomic E-state index is -5.64. The molecule has 0 atom stereocenters. The Morgan fingerprint density at radius 1 is 1.40 bits per heavy atom. The van der Waals surface area contributed by atoms with Crippen LogP contribution in [0.15, 0.2) is 0 Å². The number of nitriles is 2. The number of hydrogen-bond acceptors (Lipinski definition) is 4. The molecule has 0 aliphatic heterocycles. The summed E-state index contributed by atoms with van der Waals surface area (Å²) in [7, 11) is -1.79. The molecule has 0 aromatic rings. The molecule has 0 unspecified atom stereocenters. The van der Waals surface area contributed by atoms with Gasteiger partial charge in [-0.3, -0.25) is 4.89 Å². The molecule has 0 bridgehead atoms. The SMILES string of the molecule is CN(C)CCC(C#N)C#N.O=P(O)(F)F. The predicted octanol–water partition coefficient (Wildman–Crippen LogP) is 1.63. The van der Waals surface area contributed by atoms with Crippen LogP contribution in [0.1, 0.15) is 6.42 Å². The van der Waals surface area contributed by atoms with E-state index in [4.69, 9.17) is 20.0 Å². The Kier molecular flexibility index (Phi) is 9.10. The van der Waals surface area contributed by atoms with E-state index in [0.717, 1.165) is 6.54 Å². The summed E-state index contributed by atoms with van der Waals surface area (Å²) in [5.74, 6) is -0.442. The largest absolute Gasteiger partial charge is 0.549 e. The van der Waals surface area contributed by atoms with Crippen LogP contribution >= 0.6 is 7.99 Å². The van der Waals surface area contributed by atoms with Gasteiger partial charge in [-0.25, -0.2) is 4.57 Å². The maximum atomic E-state index is 10.1. The highest BCUT2D eigenvalue weighted by Crippen LogP contribution is 2.43.